The maximum absolute atomic E-state index is 12.5. The lowest BCUT2D eigenvalue weighted by atomic mass is 10.1. The summed E-state index contributed by atoms with van der Waals surface area (Å²) in [5.74, 6) is 0.891. The first-order valence-corrected chi connectivity index (χ1v) is 10.1. The monoisotopic (exact) mass is 377 g/mol. The van der Waals surface area contributed by atoms with Gasteiger partial charge >= 0.3 is 0 Å². The maximum Gasteiger partial charge on any atom is 0.251 e. The van der Waals surface area contributed by atoms with Crippen LogP contribution >= 0.6 is 0 Å². The topological polar surface area (TPSA) is 81.7 Å². The zero-order valence-electron chi connectivity index (χ0n) is 15.3. The van der Waals surface area contributed by atoms with Crippen LogP contribution in [-0.4, -0.2) is 34.8 Å². The van der Waals surface area contributed by atoms with Crippen molar-refractivity contribution >= 4 is 15.7 Å². The third-order valence-corrected chi connectivity index (χ3v) is 4.73. The molecule has 6 nitrogen and oxygen atoms in total. The molecule has 2 aromatic rings. The van der Waals surface area contributed by atoms with Crippen molar-refractivity contribution in [2.75, 3.05) is 20.5 Å². The van der Waals surface area contributed by atoms with Gasteiger partial charge in [0, 0.05) is 23.4 Å². The highest BCUT2D eigenvalue weighted by Crippen LogP contribution is 2.29. The van der Waals surface area contributed by atoms with Crippen molar-refractivity contribution in [3.8, 4) is 11.5 Å². The van der Waals surface area contributed by atoms with Gasteiger partial charge in [-0.05, 0) is 36.8 Å². The van der Waals surface area contributed by atoms with Gasteiger partial charge in [-0.25, -0.2) is 8.42 Å². The molecule has 0 spiro atoms. The Morgan fingerprint density at radius 1 is 1.12 bits per heavy atom. The molecule has 2 aromatic carbocycles. The second kappa shape index (κ2) is 8.23. The number of benzene rings is 2. The van der Waals surface area contributed by atoms with E-state index in [1.54, 1.807) is 50.6 Å². The molecule has 2 rings (SSSR count). The summed E-state index contributed by atoms with van der Waals surface area (Å²) in [4.78, 5) is 12.5. The van der Waals surface area contributed by atoms with Crippen molar-refractivity contribution in [3.05, 3.63) is 59.2 Å². The van der Waals surface area contributed by atoms with E-state index in [0.29, 0.717) is 22.6 Å². The predicted octanol–water partition coefficient (Wildman–Crippen LogP) is 2.74. The molecule has 0 bridgehead atoms. The van der Waals surface area contributed by atoms with E-state index >= 15 is 0 Å². The number of ether oxygens (including phenoxy) is 2. The van der Waals surface area contributed by atoms with Crippen LogP contribution in [0, 0.1) is 0 Å². The summed E-state index contributed by atoms with van der Waals surface area (Å²) in [6.07, 6.45) is 1.16. The molecule has 0 radical (unpaired) electrons. The van der Waals surface area contributed by atoms with Crippen molar-refractivity contribution in [1.82, 2.24) is 5.32 Å². The lowest BCUT2D eigenvalue weighted by Crippen LogP contribution is -2.27. The number of hydrogen-bond donors (Lipinski definition) is 1. The van der Waals surface area contributed by atoms with E-state index < -0.39 is 9.84 Å². The first-order valence-electron chi connectivity index (χ1n) is 8.03. The lowest BCUT2D eigenvalue weighted by molar-refractivity contribution is 0.0939. The van der Waals surface area contributed by atoms with Crippen molar-refractivity contribution in [2.45, 2.75) is 18.7 Å². The summed E-state index contributed by atoms with van der Waals surface area (Å²) in [7, 11) is -0.0318. The summed E-state index contributed by atoms with van der Waals surface area (Å²) < 4.78 is 33.4. The highest BCUT2D eigenvalue weighted by molar-refractivity contribution is 7.89. The molecule has 0 fully saturated rings. The molecule has 26 heavy (non-hydrogen) atoms. The fourth-order valence-corrected chi connectivity index (χ4v) is 3.42. The SMILES string of the molecule is COc1ccc(C(C)NC(=O)c2cccc(CS(C)(=O)=O)c2)c(OC)c1. The minimum Gasteiger partial charge on any atom is -0.497 e. The Labute approximate surface area is 154 Å². The number of sulfone groups is 1. The quantitative estimate of drug-likeness (QED) is 0.802. The van der Waals surface area contributed by atoms with E-state index in [2.05, 4.69) is 5.32 Å². The van der Waals surface area contributed by atoms with Crippen LogP contribution in [0.3, 0.4) is 0 Å². The minimum absolute atomic E-state index is 0.101. The number of carbonyl (C=O) groups excluding carboxylic acids is 1. The summed E-state index contributed by atoms with van der Waals surface area (Å²) in [6, 6.07) is 11.7. The smallest absolute Gasteiger partial charge is 0.251 e. The normalized spacial score (nSPS) is 12.3. The third kappa shape index (κ3) is 5.23. The Morgan fingerprint density at radius 2 is 1.85 bits per heavy atom. The van der Waals surface area contributed by atoms with Crippen molar-refractivity contribution in [2.24, 2.45) is 0 Å². The maximum atomic E-state index is 12.5. The van der Waals surface area contributed by atoms with E-state index in [-0.39, 0.29) is 17.7 Å². The molecule has 0 aromatic heterocycles. The number of carbonyl (C=O) groups is 1. The predicted molar refractivity (Wildman–Crippen MR) is 100 cm³/mol. The van der Waals surface area contributed by atoms with E-state index in [1.807, 2.05) is 13.0 Å². The molecule has 0 aliphatic carbocycles. The lowest BCUT2D eigenvalue weighted by Gasteiger charge is -2.18. The van der Waals surface area contributed by atoms with Crippen LogP contribution in [0.5, 0.6) is 11.5 Å². The van der Waals surface area contributed by atoms with Gasteiger partial charge in [0.05, 0.1) is 26.0 Å². The van der Waals surface area contributed by atoms with Crippen LogP contribution in [0.1, 0.15) is 34.5 Å². The Bertz CT molecular complexity index is 893. The third-order valence-electron chi connectivity index (χ3n) is 3.87. The Hall–Kier alpha value is -2.54. The average Bonchev–Trinajstić information content (AvgIpc) is 2.59. The van der Waals surface area contributed by atoms with Gasteiger partial charge in [0.15, 0.2) is 9.84 Å². The molecular formula is C19H23NO5S. The fraction of sp³-hybridized carbons (Fsp3) is 0.316. The minimum atomic E-state index is -3.16. The van der Waals surface area contributed by atoms with Gasteiger partial charge in [-0.2, -0.15) is 0 Å². The largest absolute Gasteiger partial charge is 0.497 e. The second-order valence-electron chi connectivity index (χ2n) is 6.07. The summed E-state index contributed by atoms with van der Waals surface area (Å²) in [5.41, 5.74) is 1.80. The van der Waals surface area contributed by atoms with E-state index in [1.165, 1.54) is 0 Å². The van der Waals surface area contributed by atoms with Crippen LogP contribution in [0.15, 0.2) is 42.5 Å². The molecule has 1 unspecified atom stereocenters. The average molecular weight is 377 g/mol. The van der Waals surface area contributed by atoms with Gasteiger partial charge < -0.3 is 14.8 Å². The number of nitrogens with one attached hydrogen (secondary N) is 1. The summed E-state index contributed by atoms with van der Waals surface area (Å²) >= 11 is 0. The molecule has 0 aliphatic heterocycles. The fourth-order valence-electron chi connectivity index (χ4n) is 2.64. The van der Waals surface area contributed by atoms with Gasteiger partial charge in [0.1, 0.15) is 11.5 Å². The van der Waals surface area contributed by atoms with Crippen molar-refractivity contribution < 1.29 is 22.7 Å². The molecular weight excluding hydrogens is 354 g/mol. The van der Waals surface area contributed by atoms with Crippen molar-refractivity contribution in [3.63, 3.8) is 0 Å². The molecule has 0 saturated heterocycles. The van der Waals surface area contributed by atoms with E-state index in [0.717, 1.165) is 11.8 Å². The molecule has 0 heterocycles. The van der Waals surface area contributed by atoms with Gasteiger partial charge in [0.25, 0.3) is 5.91 Å². The summed E-state index contributed by atoms with van der Waals surface area (Å²) in [6.45, 7) is 1.85. The van der Waals surface area contributed by atoms with Crippen LogP contribution in [0.25, 0.3) is 0 Å². The van der Waals surface area contributed by atoms with Crippen LogP contribution in [0.2, 0.25) is 0 Å². The van der Waals surface area contributed by atoms with E-state index in [4.69, 9.17) is 9.47 Å². The van der Waals surface area contributed by atoms with Gasteiger partial charge in [-0.1, -0.05) is 12.1 Å². The molecule has 7 heteroatoms. The van der Waals surface area contributed by atoms with Gasteiger partial charge in [0.2, 0.25) is 0 Å². The van der Waals surface area contributed by atoms with Gasteiger partial charge in [-0.3, -0.25) is 4.79 Å². The summed E-state index contributed by atoms with van der Waals surface area (Å²) in [5, 5.41) is 2.91. The second-order valence-corrected chi connectivity index (χ2v) is 8.21. The van der Waals surface area contributed by atoms with Crippen molar-refractivity contribution in [1.29, 1.82) is 0 Å². The number of methoxy groups -OCH3 is 2. The Kier molecular flexibility index (Phi) is 6.26. The Balaban J connectivity index is 2.18. The molecule has 1 amide bonds. The number of amides is 1. The standard InChI is InChI=1S/C19H23NO5S/c1-13(17-9-8-16(24-2)11-18(17)25-3)20-19(21)15-7-5-6-14(10-15)12-26(4,22)23/h5-11,13H,12H2,1-4H3,(H,20,21). The molecule has 140 valence electrons. The van der Waals surface area contributed by atoms with E-state index in [9.17, 15) is 13.2 Å². The zero-order chi connectivity index (χ0) is 19.3. The zero-order valence-corrected chi connectivity index (χ0v) is 16.1. The highest BCUT2D eigenvalue weighted by atomic mass is 32.2. The molecule has 1 N–H and O–H groups in total. The molecule has 1 atom stereocenters. The highest BCUT2D eigenvalue weighted by Gasteiger charge is 2.16. The number of hydrogen-bond acceptors (Lipinski definition) is 5. The van der Waals surface area contributed by atoms with Crippen LogP contribution in [0.4, 0.5) is 0 Å². The van der Waals surface area contributed by atoms with Crippen LogP contribution < -0.4 is 14.8 Å². The molecule has 0 saturated carbocycles. The first-order chi connectivity index (χ1) is 12.2. The Morgan fingerprint density at radius 3 is 2.46 bits per heavy atom. The number of rotatable bonds is 7. The molecule has 0 aliphatic rings. The first kappa shape index (κ1) is 19.8. The van der Waals surface area contributed by atoms with Crippen LogP contribution in [-0.2, 0) is 15.6 Å². The van der Waals surface area contributed by atoms with Gasteiger partial charge in [-0.15, -0.1) is 0 Å².